The molecule has 3 aliphatic rings. The number of benzene rings is 1. The maximum Gasteiger partial charge on any atom is 0.257 e. The molecule has 2 unspecified atom stereocenters. The summed E-state index contributed by atoms with van der Waals surface area (Å²) in [5.74, 6) is 0.806. The van der Waals surface area contributed by atoms with E-state index < -0.39 is 0 Å². The topological polar surface area (TPSA) is 121 Å². The smallest absolute Gasteiger partial charge is 0.257 e. The summed E-state index contributed by atoms with van der Waals surface area (Å²) < 4.78 is 5.96. The van der Waals surface area contributed by atoms with Gasteiger partial charge in [0, 0.05) is 53.0 Å². The highest BCUT2D eigenvalue weighted by atomic mass is 32.1. The van der Waals surface area contributed by atoms with Crippen molar-refractivity contribution in [1.29, 1.82) is 0 Å². The molecule has 1 amide bonds. The monoisotopic (exact) mass is 489 g/mol. The number of anilines is 1. The van der Waals surface area contributed by atoms with E-state index in [4.69, 9.17) is 10.5 Å². The van der Waals surface area contributed by atoms with Gasteiger partial charge in [-0.3, -0.25) is 15.2 Å². The molecule has 35 heavy (non-hydrogen) atoms. The first kappa shape index (κ1) is 22.0. The predicted octanol–water partition coefficient (Wildman–Crippen LogP) is 2.97. The summed E-state index contributed by atoms with van der Waals surface area (Å²) in [6.45, 7) is 1.27. The molecule has 10 heteroatoms. The summed E-state index contributed by atoms with van der Waals surface area (Å²) >= 11 is 1.53. The molecule has 4 heterocycles. The first-order chi connectivity index (χ1) is 17.1. The Balaban J connectivity index is 1.11. The standard InChI is InChI=1S/C25H27N7O2S/c26-18-4-5-20-22(11-18)35-25(30-20)31-24(33)16-3-1-2-15(10-16)12-29-32-8-6-19(17-13-27-28-14-17)23-21(32)7-9-34-23/h1-3,6,8,10,13-14,18,21,29H,4-5,7,9,11-12,26H2,(H,27,28)(H,30,31,33). The molecule has 0 saturated carbocycles. The average Bonchev–Trinajstić information content (AvgIpc) is 3.63. The van der Waals surface area contributed by atoms with Gasteiger partial charge in [-0.15, -0.1) is 11.3 Å². The number of ether oxygens (including phenoxy) is 1. The maximum atomic E-state index is 12.9. The molecule has 0 radical (unpaired) electrons. The number of carbonyl (C=O) groups excluding carboxylic acids is 1. The van der Waals surface area contributed by atoms with Crippen molar-refractivity contribution in [3.05, 3.63) is 82.0 Å². The van der Waals surface area contributed by atoms with Gasteiger partial charge in [0.25, 0.3) is 5.91 Å². The minimum absolute atomic E-state index is 0.125. The quantitative estimate of drug-likeness (QED) is 0.420. The predicted molar refractivity (Wildman–Crippen MR) is 134 cm³/mol. The number of thiazole rings is 1. The Morgan fingerprint density at radius 1 is 1.34 bits per heavy atom. The van der Waals surface area contributed by atoms with Crippen molar-refractivity contribution in [2.75, 3.05) is 11.9 Å². The SMILES string of the molecule is NC1CCc2nc(NC(=O)c3cccc(CNN4C=CC(c5cn[nH]c5)=C5OCCC54)c3)sc2C1. The summed E-state index contributed by atoms with van der Waals surface area (Å²) in [5.41, 5.74) is 14.3. The first-order valence-corrected chi connectivity index (χ1v) is 12.7. The number of allylic oxidation sites excluding steroid dienone is 2. The zero-order valence-corrected chi connectivity index (χ0v) is 20.0. The van der Waals surface area contributed by atoms with E-state index in [0.717, 1.165) is 53.8 Å². The minimum atomic E-state index is -0.153. The number of hydrogen-bond acceptors (Lipinski definition) is 8. The third-order valence-corrected chi connectivity index (χ3v) is 7.65. The van der Waals surface area contributed by atoms with E-state index in [2.05, 4.69) is 30.9 Å². The van der Waals surface area contributed by atoms with Gasteiger partial charge in [-0.1, -0.05) is 12.1 Å². The van der Waals surface area contributed by atoms with Gasteiger partial charge in [0.05, 0.1) is 18.5 Å². The Labute approximate surface area is 207 Å². The third-order valence-electron chi connectivity index (χ3n) is 6.62. The number of carbonyl (C=O) groups is 1. The number of nitrogens with two attached hydrogens (primary N) is 1. The van der Waals surface area contributed by atoms with Gasteiger partial charge < -0.3 is 15.5 Å². The van der Waals surface area contributed by atoms with Gasteiger partial charge in [0.1, 0.15) is 11.8 Å². The van der Waals surface area contributed by atoms with Crippen molar-refractivity contribution in [3.8, 4) is 0 Å². The highest BCUT2D eigenvalue weighted by Crippen LogP contribution is 2.34. The van der Waals surface area contributed by atoms with Crippen LogP contribution in [0.5, 0.6) is 0 Å². The summed E-state index contributed by atoms with van der Waals surface area (Å²) in [7, 11) is 0. The molecule has 2 atom stereocenters. The molecule has 9 nitrogen and oxygen atoms in total. The highest BCUT2D eigenvalue weighted by molar-refractivity contribution is 7.15. The number of nitrogens with zero attached hydrogens (tertiary/aromatic N) is 3. The number of fused-ring (bicyclic) bond motifs is 2. The lowest BCUT2D eigenvalue weighted by Crippen LogP contribution is -2.42. The number of aryl methyl sites for hydroxylation is 1. The number of aromatic nitrogens is 3. The van der Waals surface area contributed by atoms with Crippen LogP contribution in [0.4, 0.5) is 5.13 Å². The van der Waals surface area contributed by atoms with Crippen molar-refractivity contribution < 1.29 is 9.53 Å². The van der Waals surface area contributed by atoms with Gasteiger partial charge >= 0.3 is 0 Å². The van der Waals surface area contributed by atoms with Crippen molar-refractivity contribution in [1.82, 2.24) is 25.6 Å². The maximum absolute atomic E-state index is 12.9. The number of aromatic amines is 1. The van der Waals surface area contributed by atoms with E-state index >= 15 is 0 Å². The van der Waals surface area contributed by atoms with Crippen LogP contribution in [-0.4, -0.2) is 44.8 Å². The van der Waals surface area contributed by atoms with Crippen molar-refractivity contribution in [2.24, 2.45) is 5.73 Å². The number of amides is 1. The fourth-order valence-electron chi connectivity index (χ4n) is 4.80. The number of hydrogen-bond donors (Lipinski definition) is 4. The summed E-state index contributed by atoms with van der Waals surface area (Å²) in [5, 5.41) is 12.6. The molecule has 1 aliphatic carbocycles. The number of nitrogens with one attached hydrogen (secondary N) is 3. The molecule has 0 spiro atoms. The lowest BCUT2D eigenvalue weighted by Gasteiger charge is -2.31. The Hall–Kier alpha value is -3.47. The van der Waals surface area contributed by atoms with Gasteiger partial charge in [-0.2, -0.15) is 5.10 Å². The van der Waals surface area contributed by atoms with Crippen LogP contribution >= 0.6 is 11.3 Å². The molecule has 6 rings (SSSR count). The summed E-state index contributed by atoms with van der Waals surface area (Å²) in [6.07, 6.45) is 11.3. The molecule has 5 N–H and O–H groups in total. The van der Waals surface area contributed by atoms with Gasteiger partial charge in [0.15, 0.2) is 5.13 Å². The second-order valence-electron chi connectivity index (χ2n) is 9.02. The van der Waals surface area contributed by atoms with Crippen LogP contribution in [0.3, 0.4) is 0 Å². The van der Waals surface area contributed by atoms with Crippen LogP contribution in [-0.2, 0) is 24.1 Å². The van der Waals surface area contributed by atoms with Crippen LogP contribution in [0.1, 0.15) is 44.9 Å². The highest BCUT2D eigenvalue weighted by Gasteiger charge is 2.33. The van der Waals surface area contributed by atoms with Crippen LogP contribution in [0.15, 0.2) is 54.7 Å². The molecule has 180 valence electrons. The van der Waals surface area contributed by atoms with E-state index in [1.807, 2.05) is 42.7 Å². The molecular formula is C25H27N7O2S. The molecule has 0 bridgehead atoms. The second kappa shape index (κ2) is 9.29. The van der Waals surface area contributed by atoms with Crippen LogP contribution in [0, 0.1) is 0 Å². The first-order valence-electron chi connectivity index (χ1n) is 11.8. The molecule has 2 aromatic heterocycles. The molecule has 2 aliphatic heterocycles. The fraction of sp³-hybridized carbons (Fsp3) is 0.320. The molecule has 1 fully saturated rings. The second-order valence-corrected chi connectivity index (χ2v) is 10.1. The normalized spacial score (nSPS) is 21.0. The number of H-pyrrole nitrogens is 1. The Bertz CT molecular complexity index is 1300. The van der Waals surface area contributed by atoms with E-state index in [0.29, 0.717) is 23.8 Å². The van der Waals surface area contributed by atoms with Gasteiger partial charge in [0.2, 0.25) is 0 Å². The Morgan fingerprint density at radius 3 is 3.17 bits per heavy atom. The van der Waals surface area contributed by atoms with Crippen LogP contribution in [0.2, 0.25) is 0 Å². The van der Waals surface area contributed by atoms with Crippen LogP contribution in [0.25, 0.3) is 5.57 Å². The van der Waals surface area contributed by atoms with E-state index in [1.54, 1.807) is 6.20 Å². The molecule has 1 aromatic carbocycles. The van der Waals surface area contributed by atoms with Crippen molar-refractivity contribution in [2.45, 2.75) is 44.3 Å². The lowest BCUT2D eigenvalue weighted by molar-refractivity contribution is 0.102. The van der Waals surface area contributed by atoms with Crippen LogP contribution < -0.4 is 16.5 Å². The van der Waals surface area contributed by atoms with Gasteiger partial charge in [-0.25, -0.2) is 10.4 Å². The average molecular weight is 490 g/mol. The molecule has 3 aromatic rings. The summed E-state index contributed by atoms with van der Waals surface area (Å²) in [6, 6.07) is 7.97. The van der Waals surface area contributed by atoms with Crippen molar-refractivity contribution >= 4 is 27.9 Å². The summed E-state index contributed by atoms with van der Waals surface area (Å²) in [4.78, 5) is 18.7. The minimum Gasteiger partial charge on any atom is -0.495 e. The largest absolute Gasteiger partial charge is 0.495 e. The number of rotatable bonds is 6. The number of hydrazine groups is 1. The van der Waals surface area contributed by atoms with Crippen molar-refractivity contribution in [3.63, 3.8) is 0 Å². The Morgan fingerprint density at radius 2 is 2.29 bits per heavy atom. The van der Waals surface area contributed by atoms with Gasteiger partial charge in [-0.05, 0) is 43.0 Å². The Kier molecular flexibility index (Phi) is 5.85. The molecular weight excluding hydrogens is 462 g/mol. The zero-order valence-electron chi connectivity index (χ0n) is 19.2. The van der Waals surface area contributed by atoms with E-state index in [1.165, 1.54) is 16.2 Å². The van der Waals surface area contributed by atoms with E-state index in [-0.39, 0.29) is 18.0 Å². The van der Waals surface area contributed by atoms with E-state index in [9.17, 15) is 4.79 Å². The third kappa shape index (κ3) is 4.47. The lowest BCUT2D eigenvalue weighted by atomic mass is 9.99. The molecule has 1 saturated heterocycles. The fourth-order valence-corrected chi connectivity index (χ4v) is 5.90. The zero-order chi connectivity index (χ0) is 23.8.